The highest BCUT2D eigenvalue weighted by Gasteiger charge is 2.34. The fourth-order valence-corrected chi connectivity index (χ4v) is 3.59. The summed E-state index contributed by atoms with van der Waals surface area (Å²) in [7, 11) is 0. The van der Waals surface area contributed by atoms with Gasteiger partial charge in [0.2, 0.25) is 5.91 Å². The highest BCUT2D eigenvalue weighted by atomic mass is 19.1. The first kappa shape index (κ1) is 20.0. The standard InChI is InChI=1S/C21H26FN3O3/c1-4-19-17(11-23-28-19)21(27)24-10-9-20(26)25(18(13-24)14(2)3)12-15-5-7-16(22)8-6-15/h5-8,11,14,18H,4,9-10,12-13H2,1-3H3/t18-/m1/s1. The van der Waals surface area contributed by atoms with Gasteiger partial charge < -0.3 is 14.3 Å². The van der Waals surface area contributed by atoms with Crippen molar-refractivity contribution in [2.24, 2.45) is 5.92 Å². The van der Waals surface area contributed by atoms with E-state index < -0.39 is 0 Å². The van der Waals surface area contributed by atoms with Crippen molar-refractivity contribution in [3.8, 4) is 0 Å². The fourth-order valence-electron chi connectivity index (χ4n) is 3.59. The number of hydrogen-bond donors (Lipinski definition) is 0. The van der Waals surface area contributed by atoms with Crippen LogP contribution in [0.3, 0.4) is 0 Å². The Balaban J connectivity index is 1.83. The minimum absolute atomic E-state index is 0.000594. The van der Waals surface area contributed by atoms with E-state index in [-0.39, 0.29) is 36.0 Å². The predicted octanol–water partition coefficient (Wildman–Crippen LogP) is 3.28. The number of hydrogen-bond acceptors (Lipinski definition) is 4. The van der Waals surface area contributed by atoms with Crippen molar-refractivity contribution in [3.63, 3.8) is 0 Å². The van der Waals surface area contributed by atoms with Crippen molar-refractivity contribution in [1.82, 2.24) is 15.0 Å². The molecule has 0 N–H and O–H groups in total. The molecule has 0 bridgehead atoms. The van der Waals surface area contributed by atoms with Crippen LogP contribution in [0, 0.1) is 11.7 Å². The van der Waals surface area contributed by atoms with Gasteiger partial charge in [-0.25, -0.2) is 4.39 Å². The molecule has 1 fully saturated rings. The highest BCUT2D eigenvalue weighted by Crippen LogP contribution is 2.23. The van der Waals surface area contributed by atoms with E-state index in [0.717, 1.165) is 5.56 Å². The van der Waals surface area contributed by atoms with Crippen molar-refractivity contribution in [2.45, 2.75) is 46.2 Å². The zero-order valence-electron chi connectivity index (χ0n) is 16.5. The molecular weight excluding hydrogens is 361 g/mol. The van der Waals surface area contributed by atoms with Gasteiger partial charge in [0.1, 0.15) is 17.1 Å². The third-order valence-electron chi connectivity index (χ3n) is 5.24. The molecule has 0 saturated carbocycles. The lowest BCUT2D eigenvalue weighted by molar-refractivity contribution is -0.134. The first-order valence-corrected chi connectivity index (χ1v) is 9.67. The molecule has 2 heterocycles. The smallest absolute Gasteiger partial charge is 0.259 e. The summed E-state index contributed by atoms with van der Waals surface area (Å²) in [6.07, 6.45) is 2.29. The summed E-state index contributed by atoms with van der Waals surface area (Å²) in [6, 6.07) is 6.05. The summed E-state index contributed by atoms with van der Waals surface area (Å²) in [4.78, 5) is 29.4. The van der Waals surface area contributed by atoms with Crippen molar-refractivity contribution >= 4 is 11.8 Å². The number of benzene rings is 1. The Morgan fingerprint density at radius 2 is 2.04 bits per heavy atom. The monoisotopic (exact) mass is 387 g/mol. The lowest BCUT2D eigenvalue weighted by Gasteiger charge is -2.34. The van der Waals surface area contributed by atoms with Crippen LogP contribution in [0.5, 0.6) is 0 Å². The van der Waals surface area contributed by atoms with Crippen LogP contribution in [-0.4, -0.2) is 45.9 Å². The minimum Gasteiger partial charge on any atom is -0.361 e. The molecule has 1 atom stereocenters. The molecule has 1 aliphatic rings. The van der Waals surface area contributed by atoms with Gasteiger partial charge in [0.05, 0.1) is 12.2 Å². The predicted molar refractivity (Wildman–Crippen MR) is 102 cm³/mol. The number of rotatable bonds is 5. The first-order chi connectivity index (χ1) is 13.4. The molecule has 28 heavy (non-hydrogen) atoms. The van der Waals surface area contributed by atoms with Crippen LogP contribution >= 0.6 is 0 Å². The van der Waals surface area contributed by atoms with Crippen LogP contribution in [0.4, 0.5) is 4.39 Å². The molecule has 7 heteroatoms. The molecule has 6 nitrogen and oxygen atoms in total. The maximum atomic E-state index is 13.2. The van der Waals surface area contributed by atoms with E-state index in [4.69, 9.17) is 4.52 Å². The topological polar surface area (TPSA) is 66.7 Å². The Kier molecular flexibility index (Phi) is 6.11. The number of amides is 2. The molecule has 1 aliphatic heterocycles. The van der Waals surface area contributed by atoms with E-state index in [1.165, 1.54) is 18.3 Å². The molecule has 0 aliphatic carbocycles. The number of carbonyl (C=O) groups excluding carboxylic acids is 2. The van der Waals surface area contributed by atoms with Crippen LogP contribution in [-0.2, 0) is 17.8 Å². The van der Waals surface area contributed by atoms with E-state index in [2.05, 4.69) is 5.16 Å². The van der Waals surface area contributed by atoms with Crippen molar-refractivity contribution in [3.05, 3.63) is 53.2 Å². The molecule has 2 amide bonds. The number of aryl methyl sites for hydroxylation is 1. The van der Waals surface area contributed by atoms with Crippen LogP contribution in [0.15, 0.2) is 35.0 Å². The number of nitrogens with zero attached hydrogens (tertiary/aromatic N) is 3. The third-order valence-corrected chi connectivity index (χ3v) is 5.24. The summed E-state index contributed by atoms with van der Waals surface area (Å²) in [6.45, 7) is 7.19. The SMILES string of the molecule is CCc1oncc1C(=O)N1CCC(=O)N(Cc2ccc(F)cc2)[C@@H](C(C)C)C1. The van der Waals surface area contributed by atoms with Crippen molar-refractivity contribution in [2.75, 3.05) is 13.1 Å². The quantitative estimate of drug-likeness (QED) is 0.790. The average molecular weight is 387 g/mol. The molecular formula is C21H26FN3O3. The Morgan fingerprint density at radius 1 is 1.32 bits per heavy atom. The molecule has 1 aromatic carbocycles. The summed E-state index contributed by atoms with van der Waals surface area (Å²) in [5.41, 5.74) is 1.33. The number of carbonyl (C=O) groups is 2. The van der Waals surface area contributed by atoms with Gasteiger partial charge >= 0.3 is 0 Å². The second-order valence-electron chi connectivity index (χ2n) is 7.48. The maximum absolute atomic E-state index is 13.2. The van der Waals surface area contributed by atoms with Gasteiger partial charge in [-0.05, 0) is 23.6 Å². The van der Waals surface area contributed by atoms with E-state index >= 15 is 0 Å². The molecule has 3 rings (SSSR count). The number of halogens is 1. The largest absolute Gasteiger partial charge is 0.361 e. The third kappa shape index (κ3) is 4.24. The fraction of sp³-hybridized carbons (Fsp3) is 0.476. The van der Waals surface area contributed by atoms with Gasteiger partial charge in [-0.3, -0.25) is 9.59 Å². The summed E-state index contributed by atoms with van der Waals surface area (Å²) in [5, 5.41) is 3.75. The zero-order valence-corrected chi connectivity index (χ0v) is 16.5. The van der Waals surface area contributed by atoms with E-state index in [9.17, 15) is 14.0 Å². The van der Waals surface area contributed by atoms with Crippen molar-refractivity contribution in [1.29, 1.82) is 0 Å². The summed E-state index contributed by atoms with van der Waals surface area (Å²) in [5.74, 6) is 0.263. The second-order valence-corrected chi connectivity index (χ2v) is 7.48. The number of aromatic nitrogens is 1. The van der Waals surface area contributed by atoms with Crippen molar-refractivity contribution < 1.29 is 18.5 Å². The van der Waals surface area contributed by atoms with E-state index in [1.54, 1.807) is 17.0 Å². The van der Waals surface area contributed by atoms with E-state index in [0.29, 0.717) is 37.4 Å². The lowest BCUT2D eigenvalue weighted by Crippen LogP contribution is -2.47. The molecule has 0 unspecified atom stereocenters. The molecule has 2 aromatic rings. The lowest BCUT2D eigenvalue weighted by atomic mass is 10.0. The Bertz CT molecular complexity index is 832. The molecule has 150 valence electrons. The maximum Gasteiger partial charge on any atom is 0.259 e. The van der Waals surface area contributed by atoms with Gasteiger partial charge in [-0.15, -0.1) is 0 Å². The summed E-state index contributed by atoms with van der Waals surface area (Å²) >= 11 is 0. The molecule has 0 radical (unpaired) electrons. The van der Waals surface area contributed by atoms with Crippen LogP contribution < -0.4 is 0 Å². The Hall–Kier alpha value is -2.70. The summed E-state index contributed by atoms with van der Waals surface area (Å²) < 4.78 is 18.4. The Labute approximate surface area is 164 Å². The highest BCUT2D eigenvalue weighted by molar-refractivity contribution is 5.95. The zero-order chi connectivity index (χ0) is 20.3. The second kappa shape index (κ2) is 8.54. The molecule has 0 spiro atoms. The minimum atomic E-state index is -0.302. The Morgan fingerprint density at radius 3 is 2.68 bits per heavy atom. The average Bonchev–Trinajstić information content (AvgIpc) is 3.09. The van der Waals surface area contributed by atoms with E-state index in [1.807, 2.05) is 25.7 Å². The van der Waals surface area contributed by atoms with Gasteiger partial charge in [-0.1, -0.05) is 38.1 Å². The van der Waals surface area contributed by atoms with Gasteiger partial charge in [0, 0.05) is 32.5 Å². The van der Waals surface area contributed by atoms with Crippen LogP contribution in [0.2, 0.25) is 0 Å². The van der Waals surface area contributed by atoms with Crippen LogP contribution in [0.25, 0.3) is 0 Å². The molecule has 1 aromatic heterocycles. The molecule has 1 saturated heterocycles. The van der Waals surface area contributed by atoms with Crippen LogP contribution in [0.1, 0.15) is 48.9 Å². The van der Waals surface area contributed by atoms with Gasteiger partial charge in [0.25, 0.3) is 5.91 Å². The van der Waals surface area contributed by atoms with Gasteiger partial charge in [0.15, 0.2) is 0 Å². The normalized spacial score (nSPS) is 17.9. The van der Waals surface area contributed by atoms with Gasteiger partial charge in [-0.2, -0.15) is 0 Å². The first-order valence-electron chi connectivity index (χ1n) is 9.67.